The van der Waals surface area contributed by atoms with Gasteiger partial charge in [-0.2, -0.15) is 5.10 Å². The van der Waals surface area contributed by atoms with Crippen molar-refractivity contribution in [3.05, 3.63) is 60.4 Å². The van der Waals surface area contributed by atoms with E-state index in [-0.39, 0.29) is 11.8 Å². The number of benzene rings is 1. The second kappa shape index (κ2) is 8.00. The van der Waals surface area contributed by atoms with Gasteiger partial charge in [-0.3, -0.25) is 19.5 Å². The second-order valence-corrected chi connectivity index (χ2v) is 8.84. The van der Waals surface area contributed by atoms with Crippen LogP contribution in [-0.2, 0) is 4.79 Å². The molecule has 2 aliphatic heterocycles. The third-order valence-electron chi connectivity index (χ3n) is 5.44. The minimum absolute atomic E-state index is 0.139. The Morgan fingerprint density at radius 3 is 2.83 bits per heavy atom. The molecule has 3 aliphatic rings. The zero-order valence-electron chi connectivity index (χ0n) is 16.7. The lowest BCUT2D eigenvalue weighted by molar-refractivity contribution is -0.699. The summed E-state index contributed by atoms with van der Waals surface area (Å²) in [4.78, 5) is 18.8. The fraction of sp³-hybridized carbons (Fsp3) is 0.286. The minimum atomic E-state index is 0.139. The molecule has 154 valence electrons. The maximum Gasteiger partial charge on any atom is 0.233 e. The Balaban J connectivity index is 1.27. The molecule has 1 aliphatic carbocycles. The molecule has 1 atom stereocenters. The number of aryl methyl sites for hydroxylation is 1. The van der Waals surface area contributed by atoms with Crippen molar-refractivity contribution in [1.29, 1.82) is 0 Å². The molecule has 0 bridgehead atoms. The molecule has 3 heterocycles. The first-order chi connectivity index (χ1) is 14.6. The van der Waals surface area contributed by atoms with E-state index in [0.717, 1.165) is 64.5 Å². The van der Waals surface area contributed by atoms with E-state index in [1.54, 1.807) is 11.9 Å². The zero-order chi connectivity index (χ0) is 20.5. The van der Waals surface area contributed by atoms with E-state index in [2.05, 4.69) is 36.3 Å². The van der Waals surface area contributed by atoms with Crippen LogP contribution in [0.25, 0.3) is 0 Å². The van der Waals surface area contributed by atoms with Gasteiger partial charge in [0.15, 0.2) is 5.82 Å². The first kappa shape index (κ1) is 19.0. The van der Waals surface area contributed by atoms with Gasteiger partial charge in [-0.05, 0) is 56.0 Å². The summed E-state index contributed by atoms with van der Waals surface area (Å²) in [6, 6.07) is 9.97. The average molecular weight is 423 g/mol. The van der Waals surface area contributed by atoms with E-state index in [9.17, 15) is 4.79 Å². The van der Waals surface area contributed by atoms with Crippen molar-refractivity contribution < 1.29 is 9.69 Å². The maximum absolute atomic E-state index is 12.1. The quantitative estimate of drug-likeness (QED) is 0.537. The normalized spacial score (nSPS) is 20.3. The molecule has 9 heteroatoms. The van der Waals surface area contributed by atoms with E-state index in [1.807, 2.05) is 49.7 Å². The van der Waals surface area contributed by atoms with Crippen LogP contribution in [0.2, 0.25) is 0 Å². The van der Waals surface area contributed by atoms with Crippen molar-refractivity contribution in [2.24, 2.45) is 10.9 Å². The zero-order valence-corrected chi connectivity index (χ0v) is 17.5. The molecule has 1 unspecified atom stereocenters. The lowest BCUT2D eigenvalue weighted by atomic mass is 9.85. The molecule has 1 aromatic heterocycles. The highest BCUT2D eigenvalue weighted by Crippen LogP contribution is 2.29. The number of hydrogen-bond acceptors (Lipinski definition) is 6. The van der Waals surface area contributed by atoms with Gasteiger partial charge in [0.05, 0.1) is 12.4 Å². The number of carbonyl (C=O) groups is 1. The third-order valence-corrected chi connectivity index (χ3v) is 6.39. The van der Waals surface area contributed by atoms with Crippen molar-refractivity contribution in [2.45, 2.75) is 31.1 Å². The number of aromatic amines is 1. The van der Waals surface area contributed by atoms with Crippen molar-refractivity contribution in [3.63, 3.8) is 0 Å². The standard InChI is InChI=1S/C21H23N7OS/c1-14-11-18(26-25-14)24-20-13-27(12-19-22-9-10-28(19)20)30-17-7-5-16(6-8-17)23-21(29)15-3-2-4-15/h5-11,13,15H,2-4,12H2,1H3,(H,23,29)(H2,24,25,26)/p+1. The Morgan fingerprint density at radius 1 is 1.30 bits per heavy atom. The molecule has 1 amide bonds. The number of H-pyrrole nitrogens is 1. The number of anilines is 2. The third kappa shape index (κ3) is 3.99. The van der Waals surface area contributed by atoms with E-state index in [4.69, 9.17) is 0 Å². The molecule has 4 N–H and O–H groups in total. The topological polar surface area (TPSA) is 89.8 Å². The molecule has 5 rings (SSSR count). The van der Waals surface area contributed by atoms with Gasteiger partial charge in [0.1, 0.15) is 12.7 Å². The van der Waals surface area contributed by atoms with Gasteiger partial charge in [-0.15, -0.1) is 0 Å². The Bertz CT molecular complexity index is 1040. The fourth-order valence-electron chi connectivity index (χ4n) is 3.57. The van der Waals surface area contributed by atoms with Crippen molar-refractivity contribution in [1.82, 2.24) is 14.5 Å². The minimum Gasteiger partial charge on any atom is -0.326 e. The predicted octanol–water partition coefficient (Wildman–Crippen LogP) is 2.46. The Morgan fingerprint density at radius 2 is 2.13 bits per heavy atom. The lowest BCUT2D eigenvalue weighted by Gasteiger charge is -2.27. The largest absolute Gasteiger partial charge is 0.326 e. The predicted molar refractivity (Wildman–Crippen MR) is 118 cm³/mol. The first-order valence-electron chi connectivity index (χ1n) is 10.1. The highest BCUT2D eigenvalue weighted by Gasteiger charge is 2.32. The van der Waals surface area contributed by atoms with Gasteiger partial charge < -0.3 is 5.32 Å². The Labute approximate surface area is 179 Å². The van der Waals surface area contributed by atoms with Gasteiger partial charge in [0.2, 0.25) is 17.6 Å². The highest BCUT2D eigenvalue weighted by molar-refractivity contribution is 7.97. The van der Waals surface area contributed by atoms with E-state index in [1.165, 1.54) is 0 Å². The van der Waals surface area contributed by atoms with Gasteiger partial charge in [-0.25, -0.2) is 9.89 Å². The highest BCUT2D eigenvalue weighted by atomic mass is 32.2. The van der Waals surface area contributed by atoms with Crippen molar-refractivity contribution >= 4 is 35.2 Å². The van der Waals surface area contributed by atoms with E-state index < -0.39 is 0 Å². The van der Waals surface area contributed by atoms with Crippen molar-refractivity contribution in [3.8, 4) is 0 Å². The molecular weight excluding hydrogens is 398 g/mol. The number of fused-ring (bicyclic) bond motifs is 1. The van der Waals surface area contributed by atoms with Crippen molar-refractivity contribution in [2.75, 3.05) is 17.2 Å². The monoisotopic (exact) mass is 422 g/mol. The number of aliphatic imine (C=N–C) groups is 1. The molecule has 2 aromatic rings. The number of carbonyl (C=O) groups excluding carboxylic acids is 1. The Kier molecular flexibility index (Phi) is 5.06. The number of aromatic nitrogens is 2. The number of nitrogens with zero attached hydrogens (tertiary/aromatic N) is 3. The van der Waals surface area contributed by atoms with Crippen LogP contribution in [0.15, 0.2) is 64.6 Å². The second-order valence-electron chi connectivity index (χ2n) is 7.72. The molecule has 0 saturated heterocycles. The summed E-state index contributed by atoms with van der Waals surface area (Å²) in [5, 5.41) is 13.6. The molecule has 0 spiro atoms. The molecule has 1 saturated carbocycles. The number of quaternary nitrogens is 1. The van der Waals surface area contributed by atoms with Gasteiger partial charge in [0, 0.05) is 28.3 Å². The summed E-state index contributed by atoms with van der Waals surface area (Å²) in [7, 11) is 0. The van der Waals surface area contributed by atoms with Crippen LogP contribution < -0.4 is 15.5 Å². The van der Waals surface area contributed by atoms with E-state index >= 15 is 0 Å². The number of hydrogen-bond donors (Lipinski definition) is 4. The summed E-state index contributed by atoms with van der Waals surface area (Å²) >= 11 is 1.64. The average Bonchev–Trinajstić information content (AvgIpc) is 3.31. The van der Waals surface area contributed by atoms with Crippen LogP contribution in [0.3, 0.4) is 0 Å². The summed E-state index contributed by atoms with van der Waals surface area (Å²) in [6.07, 6.45) is 9.12. The number of rotatable bonds is 6. The molecule has 30 heavy (non-hydrogen) atoms. The maximum atomic E-state index is 12.1. The van der Waals surface area contributed by atoms with Crippen LogP contribution in [0.4, 0.5) is 11.5 Å². The molecule has 1 fully saturated rings. The summed E-state index contributed by atoms with van der Waals surface area (Å²) < 4.78 is 2.15. The fourth-order valence-corrected chi connectivity index (χ4v) is 4.45. The van der Waals surface area contributed by atoms with Gasteiger partial charge >= 0.3 is 0 Å². The van der Waals surface area contributed by atoms with Crippen LogP contribution >= 0.6 is 11.9 Å². The summed E-state index contributed by atoms with van der Waals surface area (Å²) in [6.45, 7) is 2.70. The molecular formula is C21H24N7OS+. The Hall–Kier alpha value is -3.04. The molecule has 0 radical (unpaired) electrons. The molecule has 1 aromatic carbocycles. The van der Waals surface area contributed by atoms with Crippen LogP contribution in [0.1, 0.15) is 25.0 Å². The lowest BCUT2D eigenvalue weighted by Crippen LogP contribution is -3.10. The van der Waals surface area contributed by atoms with Crippen LogP contribution in [0, 0.1) is 12.8 Å². The first-order valence-corrected chi connectivity index (χ1v) is 10.9. The summed E-state index contributed by atoms with van der Waals surface area (Å²) in [5.41, 5.74) is 1.85. The number of amidine groups is 1. The number of amides is 1. The van der Waals surface area contributed by atoms with Crippen LogP contribution in [-0.4, -0.2) is 32.8 Å². The van der Waals surface area contributed by atoms with E-state index in [0.29, 0.717) is 0 Å². The SMILES string of the molecule is Cc1cc(NC2=CN(Sc3ccc(NC(=O)C4CCC4)cc3)CC3=NC=C[NH+]23)n[nH]1. The molecule has 8 nitrogen and oxygen atoms in total. The smallest absolute Gasteiger partial charge is 0.233 e. The van der Waals surface area contributed by atoms with Gasteiger partial charge in [0.25, 0.3) is 0 Å². The number of nitrogens with one attached hydrogen (secondary N) is 4. The van der Waals surface area contributed by atoms with Gasteiger partial charge in [-0.1, -0.05) is 6.42 Å². The summed E-state index contributed by atoms with van der Waals surface area (Å²) in [5.74, 6) is 3.11. The van der Waals surface area contributed by atoms with Crippen LogP contribution in [0.5, 0.6) is 0 Å².